The molecule has 1 aromatic carbocycles. The van der Waals surface area contributed by atoms with Crippen LogP contribution in [0.3, 0.4) is 0 Å². The Balaban J connectivity index is 0.00000338. The van der Waals surface area contributed by atoms with E-state index in [-0.39, 0.29) is 35.5 Å². The van der Waals surface area contributed by atoms with E-state index in [1.54, 1.807) is 14.2 Å². The molecule has 144 valence electrons. The second-order valence-electron chi connectivity index (χ2n) is 6.95. The summed E-state index contributed by atoms with van der Waals surface area (Å²) in [5.41, 5.74) is 1.88. The lowest BCUT2D eigenvalue weighted by atomic mass is 9.89. The quantitative estimate of drug-likeness (QED) is 0.381. The third-order valence-electron chi connectivity index (χ3n) is 3.98. The maximum absolute atomic E-state index is 5.55. The third kappa shape index (κ3) is 6.60. The maximum atomic E-state index is 5.55. The van der Waals surface area contributed by atoms with E-state index in [9.17, 15) is 0 Å². The molecule has 0 saturated heterocycles. The highest BCUT2D eigenvalue weighted by molar-refractivity contribution is 14.0. The minimum absolute atomic E-state index is 0. The topological polar surface area (TPSA) is 71.7 Å². The first-order valence-corrected chi connectivity index (χ1v) is 8.42. The van der Waals surface area contributed by atoms with Crippen LogP contribution >= 0.6 is 24.0 Å². The minimum Gasteiger partial charge on any atom is -0.379 e. The number of aliphatic imine (C=N–C) groups is 1. The zero-order chi connectivity index (χ0) is 18.3. The molecule has 0 fully saturated rings. The predicted octanol–water partition coefficient (Wildman–Crippen LogP) is 3.69. The van der Waals surface area contributed by atoms with Gasteiger partial charge in [0.25, 0.3) is 0 Å². The summed E-state index contributed by atoms with van der Waals surface area (Å²) in [6, 6.07) is 11.8. The fourth-order valence-corrected chi connectivity index (χ4v) is 2.46. The number of guanidine groups is 1. The molecule has 0 bridgehead atoms. The molecule has 6 nitrogen and oxygen atoms in total. The van der Waals surface area contributed by atoms with Gasteiger partial charge in [0.05, 0.1) is 12.6 Å². The first-order chi connectivity index (χ1) is 11.9. The first kappa shape index (κ1) is 22.4. The number of nitrogens with zero attached hydrogens (tertiary/aromatic N) is 2. The van der Waals surface area contributed by atoms with E-state index in [4.69, 9.17) is 9.26 Å². The second-order valence-corrected chi connectivity index (χ2v) is 6.95. The van der Waals surface area contributed by atoms with Gasteiger partial charge in [-0.15, -0.1) is 24.0 Å². The van der Waals surface area contributed by atoms with E-state index in [0.29, 0.717) is 19.0 Å². The zero-order valence-corrected chi connectivity index (χ0v) is 18.4. The first-order valence-electron chi connectivity index (χ1n) is 8.42. The van der Waals surface area contributed by atoms with Crippen LogP contribution in [0.4, 0.5) is 0 Å². The Kier molecular flexibility index (Phi) is 9.07. The summed E-state index contributed by atoms with van der Waals surface area (Å²) in [7, 11) is 3.47. The molecule has 7 heteroatoms. The predicted molar refractivity (Wildman–Crippen MR) is 116 cm³/mol. The number of benzene rings is 1. The highest BCUT2D eigenvalue weighted by Crippen LogP contribution is 2.21. The Labute approximate surface area is 172 Å². The van der Waals surface area contributed by atoms with Crippen LogP contribution in [-0.2, 0) is 11.3 Å². The third-order valence-corrected chi connectivity index (χ3v) is 3.98. The van der Waals surface area contributed by atoms with Crippen molar-refractivity contribution in [3.8, 4) is 11.3 Å². The molecule has 0 aliphatic heterocycles. The average Bonchev–Trinajstić information content (AvgIpc) is 3.06. The van der Waals surface area contributed by atoms with Gasteiger partial charge < -0.3 is 19.9 Å². The van der Waals surface area contributed by atoms with Gasteiger partial charge in [0.1, 0.15) is 5.69 Å². The normalized spacial score (nSPS) is 13.0. The molecule has 2 rings (SSSR count). The Morgan fingerprint density at radius 3 is 2.50 bits per heavy atom. The summed E-state index contributed by atoms with van der Waals surface area (Å²) in [5, 5.41) is 10.6. The molecule has 0 aliphatic rings. The van der Waals surface area contributed by atoms with Gasteiger partial charge in [0.2, 0.25) is 0 Å². The Morgan fingerprint density at radius 1 is 1.23 bits per heavy atom. The lowest BCUT2D eigenvalue weighted by Gasteiger charge is -2.30. The molecule has 0 radical (unpaired) electrons. The van der Waals surface area contributed by atoms with Gasteiger partial charge in [-0.05, 0) is 5.41 Å². The second kappa shape index (κ2) is 10.5. The van der Waals surface area contributed by atoms with Crippen molar-refractivity contribution in [2.24, 2.45) is 10.4 Å². The fraction of sp³-hybridized carbons (Fsp3) is 0.474. The molecule has 1 unspecified atom stereocenters. The van der Waals surface area contributed by atoms with E-state index in [0.717, 1.165) is 17.0 Å². The maximum Gasteiger partial charge on any atom is 0.191 e. The molecule has 26 heavy (non-hydrogen) atoms. The van der Waals surface area contributed by atoms with Crippen LogP contribution in [0.15, 0.2) is 45.9 Å². The summed E-state index contributed by atoms with van der Waals surface area (Å²) in [5.74, 6) is 1.46. The summed E-state index contributed by atoms with van der Waals surface area (Å²) < 4.78 is 11.0. The molecule has 0 amide bonds. The monoisotopic (exact) mass is 472 g/mol. The highest BCUT2D eigenvalue weighted by atomic mass is 127. The van der Waals surface area contributed by atoms with Crippen molar-refractivity contribution in [1.29, 1.82) is 0 Å². The molecule has 1 aromatic heterocycles. The lowest BCUT2D eigenvalue weighted by molar-refractivity contribution is 0.0205. The van der Waals surface area contributed by atoms with Gasteiger partial charge in [-0.2, -0.15) is 0 Å². The van der Waals surface area contributed by atoms with Gasteiger partial charge in [0.15, 0.2) is 11.7 Å². The largest absolute Gasteiger partial charge is 0.379 e. The number of hydrogen-bond donors (Lipinski definition) is 2. The molecule has 0 aliphatic carbocycles. The van der Waals surface area contributed by atoms with Gasteiger partial charge in [-0.25, -0.2) is 0 Å². The summed E-state index contributed by atoms with van der Waals surface area (Å²) in [6.07, 6.45) is 0.0859. The number of hydrogen-bond acceptors (Lipinski definition) is 4. The molecule has 1 heterocycles. The van der Waals surface area contributed by atoms with Crippen LogP contribution in [0.1, 0.15) is 26.5 Å². The van der Waals surface area contributed by atoms with Crippen molar-refractivity contribution in [3.63, 3.8) is 0 Å². The van der Waals surface area contributed by atoms with Crippen LogP contribution in [0.25, 0.3) is 11.3 Å². The van der Waals surface area contributed by atoms with Gasteiger partial charge in [-0.1, -0.05) is 56.3 Å². The van der Waals surface area contributed by atoms with Crippen molar-refractivity contribution in [2.75, 3.05) is 20.7 Å². The number of methoxy groups -OCH3 is 1. The number of aromatic nitrogens is 1. The van der Waals surface area contributed by atoms with Crippen molar-refractivity contribution in [3.05, 3.63) is 42.1 Å². The van der Waals surface area contributed by atoms with E-state index >= 15 is 0 Å². The van der Waals surface area contributed by atoms with Crippen LogP contribution in [0.5, 0.6) is 0 Å². The number of ether oxygens (including phenoxy) is 1. The van der Waals surface area contributed by atoms with Crippen LogP contribution in [-0.4, -0.2) is 37.9 Å². The molecule has 2 aromatic rings. The fourth-order valence-electron chi connectivity index (χ4n) is 2.46. The SMILES string of the molecule is CN=C(NCc1cc(-c2ccccc2)on1)NCC(OC)C(C)(C)C.I. The Bertz CT molecular complexity index is 680. The Morgan fingerprint density at radius 2 is 1.92 bits per heavy atom. The molecule has 0 spiro atoms. The van der Waals surface area contributed by atoms with Gasteiger partial charge >= 0.3 is 0 Å². The number of nitrogens with one attached hydrogen (secondary N) is 2. The average molecular weight is 472 g/mol. The Hall–Kier alpha value is -1.61. The molecule has 0 saturated carbocycles. The summed E-state index contributed by atoms with van der Waals surface area (Å²) >= 11 is 0. The lowest BCUT2D eigenvalue weighted by Crippen LogP contribution is -2.45. The summed E-state index contributed by atoms with van der Waals surface area (Å²) in [6.45, 7) is 7.66. The number of rotatable bonds is 6. The van der Waals surface area contributed by atoms with E-state index in [1.165, 1.54) is 0 Å². The van der Waals surface area contributed by atoms with Gasteiger partial charge in [0, 0.05) is 32.3 Å². The van der Waals surface area contributed by atoms with Crippen molar-refractivity contribution < 1.29 is 9.26 Å². The highest BCUT2D eigenvalue weighted by Gasteiger charge is 2.24. The van der Waals surface area contributed by atoms with Crippen molar-refractivity contribution in [2.45, 2.75) is 33.4 Å². The van der Waals surface area contributed by atoms with Crippen LogP contribution in [0.2, 0.25) is 0 Å². The smallest absolute Gasteiger partial charge is 0.191 e. The van der Waals surface area contributed by atoms with Crippen molar-refractivity contribution in [1.82, 2.24) is 15.8 Å². The van der Waals surface area contributed by atoms with E-state index in [1.807, 2.05) is 36.4 Å². The molecular formula is C19H29IN4O2. The molecule has 1 atom stereocenters. The summed E-state index contributed by atoms with van der Waals surface area (Å²) in [4.78, 5) is 4.24. The van der Waals surface area contributed by atoms with E-state index in [2.05, 4.69) is 41.6 Å². The van der Waals surface area contributed by atoms with Crippen molar-refractivity contribution >= 4 is 29.9 Å². The molecular weight excluding hydrogens is 443 g/mol. The molecule has 2 N–H and O–H groups in total. The van der Waals surface area contributed by atoms with Crippen LogP contribution < -0.4 is 10.6 Å². The van der Waals surface area contributed by atoms with E-state index < -0.39 is 0 Å². The minimum atomic E-state index is 0. The standard InChI is InChI=1S/C19H28N4O2.HI/c1-19(2,3)17(24-5)13-22-18(20-4)21-12-15-11-16(25-23-15)14-9-7-6-8-10-14;/h6-11,17H,12-13H2,1-5H3,(H2,20,21,22);1H. The number of halogens is 1. The van der Waals surface area contributed by atoms with Gasteiger partial charge in [-0.3, -0.25) is 4.99 Å². The van der Waals surface area contributed by atoms with Crippen LogP contribution in [0, 0.1) is 5.41 Å². The zero-order valence-electron chi connectivity index (χ0n) is 16.1.